The molecule has 2 aromatic carbocycles. The standard InChI is InChI=1S/C33H50FNO2/c1-4-5-6-7-8-9-10-11-12-13-14-15-16-17-31-30-25-33(37-3)32(36-2)24-28(30)22-23-35(31)26-27-18-20-29(34)21-19-27/h18-21,24-25,31H,4-17,22-23,26H2,1-3H3. The number of rotatable bonds is 18. The fourth-order valence-electron chi connectivity index (χ4n) is 5.79. The Morgan fingerprint density at radius 3 is 1.86 bits per heavy atom. The molecule has 4 heteroatoms. The first-order valence-electron chi connectivity index (χ1n) is 14.9. The lowest BCUT2D eigenvalue weighted by molar-refractivity contribution is 0.163. The molecule has 1 heterocycles. The summed E-state index contributed by atoms with van der Waals surface area (Å²) in [6, 6.07) is 11.7. The van der Waals surface area contributed by atoms with Crippen LogP contribution in [0.4, 0.5) is 4.39 Å². The topological polar surface area (TPSA) is 21.7 Å². The Kier molecular flexibility index (Phi) is 13.3. The first-order valence-corrected chi connectivity index (χ1v) is 14.9. The summed E-state index contributed by atoms with van der Waals surface area (Å²) in [4.78, 5) is 2.57. The van der Waals surface area contributed by atoms with Gasteiger partial charge in [0.05, 0.1) is 14.2 Å². The van der Waals surface area contributed by atoms with E-state index in [0.29, 0.717) is 6.04 Å². The number of hydrogen-bond donors (Lipinski definition) is 0. The number of benzene rings is 2. The minimum Gasteiger partial charge on any atom is -0.493 e. The molecule has 3 nitrogen and oxygen atoms in total. The number of ether oxygens (including phenoxy) is 2. The van der Waals surface area contributed by atoms with Gasteiger partial charge in [-0.3, -0.25) is 4.90 Å². The van der Waals surface area contributed by atoms with Crippen LogP contribution < -0.4 is 9.47 Å². The Hall–Kier alpha value is -2.07. The number of halogens is 1. The van der Waals surface area contributed by atoms with Gasteiger partial charge >= 0.3 is 0 Å². The summed E-state index contributed by atoms with van der Waals surface area (Å²) in [6.45, 7) is 4.13. The van der Waals surface area contributed by atoms with E-state index in [1.807, 2.05) is 12.1 Å². The normalized spacial score (nSPS) is 15.5. The van der Waals surface area contributed by atoms with Gasteiger partial charge in [0.2, 0.25) is 0 Å². The van der Waals surface area contributed by atoms with Crippen molar-refractivity contribution in [2.45, 2.75) is 116 Å². The van der Waals surface area contributed by atoms with Crippen LogP contribution in [0.5, 0.6) is 11.5 Å². The highest BCUT2D eigenvalue weighted by molar-refractivity contribution is 5.49. The molecule has 0 radical (unpaired) electrons. The number of hydrogen-bond acceptors (Lipinski definition) is 3. The van der Waals surface area contributed by atoms with E-state index in [0.717, 1.165) is 37.4 Å². The maximum absolute atomic E-state index is 13.5. The largest absolute Gasteiger partial charge is 0.493 e. The van der Waals surface area contributed by atoms with Crippen LogP contribution in [0.25, 0.3) is 0 Å². The molecule has 1 aliphatic heterocycles. The minimum absolute atomic E-state index is 0.173. The summed E-state index contributed by atoms with van der Waals surface area (Å²) in [6.07, 6.45) is 20.0. The quantitative estimate of drug-likeness (QED) is 0.186. The second-order valence-electron chi connectivity index (χ2n) is 10.8. The van der Waals surface area contributed by atoms with Gasteiger partial charge in [-0.15, -0.1) is 0 Å². The summed E-state index contributed by atoms with van der Waals surface area (Å²) in [5, 5.41) is 0. The van der Waals surface area contributed by atoms with Crippen LogP contribution in [-0.4, -0.2) is 25.7 Å². The van der Waals surface area contributed by atoms with Gasteiger partial charge < -0.3 is 9.47 Å². The van der Waals surface area contributed by atoms with E-state index in [4.69, 9.17) is 9.47 Å². The molecule has 0 saturated carbocycles. The molecule has 2 aromatic rings. The molecule has 0 fully saturated rings. The molecule has 0 aromatic heterocycles. The molecule has 206 valence electrons. The van der Waals surface area contributed by atoms with Gasteiger partial charge in [0.1, 0.15) is 5.82 Å². The Morgan fingerprint density at radius 2 is 1.30 bits per heavy atom. The summed E-state index contributed by atoms with van der Waals surface area (Å²) >= 11 is 0. The number of fused-ring (bicyclic) bond motifs is 1. The average molecular weight is 512 g/mol. The third-order valence-electron chi connectivity index (χ3n) is 7.99. The minimum atomic E-state index is -0.173. The molecule has 1 aliphatic rings. The molecular weight excluding hydrogens is 461 g/mol. The Bertz CT molecular complexity index is 898. The Balaban J connectivity index is 1.49. The van der Waals surface area contributed by atoms with Crippen LogP contribution in [0, 0.1) is 5.82 Å². The average Bonchev–Trinajstić information content (AvgIpc) is 2.92. The number of methoxy groups -OCH3 is 2. The predicted molar refractivity (Wildman–Crippen MR) is 153 cm³/mol. The molecule has 0 aliphatic carbocycles. The van der Waals surface area contributed by atoms with Crippen LogP contribution in [0.2, 0.25) is 0 Å². The zero-order valence-electron chi connectivity index (χ0n) is 23.7. The Labute approximate surface area is 225 Å². The summed E-state index contributed by atoms with van der Waals surface area (Å²) in [5.74, 6) is 1.45. The van der Waals surface area contributed by atoms with Gasteiger partial charge in [0, 0.05) is 19.1 Å². The zero-order chi connectivity index (χ0) is 26.3. The molecule has 0 amide bonds. The van der Waals surface area contributed by atoms with Crippen LogP contribution in [-0.2, 0) is 13.0 Å². The summed E-state index contributed by atoms with van der Waals surface area (Å²) in [7, 11) is 3.42. The van der Waals surface area contributed by atoms with E-state index in [2.05, 4.69) is 24.0 Å². The van der Waals surface area contributed by atoms with Crippen molar-refractivity contribution in [1.82, 2.24) is 4.90 Å². The lowest BCUT2D eigenvalue weighted by atomic mass is 9.88. The second kappa shape index (κ2) is 16.7. The number of unbranched alkanes of at least 4 members (excludes halogenated alkanes) is 12. The zero-order valence-corrected chi connectivity index (χ0v) is 23.7. The van der Waals surface area contributed by atoms with Crippen LogP contribution in [0.1, 0.15) is 120 Å². The second-order valence-corrected chi connectivity index (χ2v) is 10.8. The SMILES string of the molecule is CCCCCCCCCCCCCCCC1c2cc(OC)c(OC)cc2CCN1Cc1ccc(F)cc1. The molecule has 0 bridgehead atoms. The summed E-state index contributed by atoms with van der Waals surface area (Å²) in [5.41, 5.74) is 3.90. The van der Waals surface area contributed by atoms with Crippen molar-refractivity contribution in [3.05, 3.63) is 58.9 Å². The van der Waals surface area contributed by atoms with Crippen molar-refractivity contribution in [3.63, 3.8) is 0 Å². The Morgan fingerprint density at radius 1 is 0.757 bits per heavy atom. The van der Waals surface area contributed by atoms with Gasteiger partial charge in [0.15, 0.2) is 11.5 Å². The molecule has 0 spiro atoms. The van der Waals surface area contributed by atoms with Crippen molar-refractivity contribution < 1.29 is 13.9 Å². The third-order valence-corrected chi connectivity index (χ3v) is 7.99. The van der Waals surface area contributed by atoms with Gasteiger partial charge in [-0.2, -0.15) is 0 Å². The molecular formula is C33H50FNO2. The predicted octanol–water partition coefficient (Wildman–Crippen LogP) is 9.42. The van der Waals surface area contributed by atoms with Crippen LogP contribution >= 0.6 is 0 Å². The summed E-state index contributed by atoms with van der Waals surface area (Å²) < 4.78 is 24.7. The van der Waals surface area contributed by atoms with E-state index in [1.54, 1.807) is 26.4 Å². The van der Waals surface area contributed by atoms with Crippen LogP contribution in [0.3, 0.4) is 0 Å². The lowest BCUT2D eigenvalue weighted by Gasteiger charge is -2.38. The first kappa shape index (κ1) is 29.5. The van der Waals surface area contributed by atoms with Crippen LogP contribution in [0.15, 0.2) is 36.4 Å². The van der Waals surface area contributed by atoms with Gasteiger partial charge in [-0.05, 0) is 53.8 Å². The van der Waals surface area contributed by atoms with E-state index in [-0.39, 0.29) is 5.82 Å². The first-order chi connectivity index (χ1) is 18.2. The fraction of sp³-hybridized carbons (Fsp3) is 0.636. The van der Waals surface area contributed by atoms with E-state index in [1.165, 1.54) is 100 Å². The van der Waals surface area contributed by atoms with Gasteiger partial charge in [-0.25, -0.2) is 4.39 Å². The highest BCUT2D eigenvalue weighted by atomic mass is 19.1. The molecule has 0 N–H and O–H groups in total. The van der Waals surface area contributed by atoms with Gasteiger partial charge in [-0.1, -0.05) is 103 Å². The third kappa shape index (κ3) is 9.63. The van der Waals surface area contributed by atoms with Crippen molar-refractivity contribution in [3.8, 4) is 11.5 Å². The monoisotopic (exact) mass is 511 g/mol. The van der Waals surface area contributed by atoms with E-state index >= 15 is 0 Å². The molecule has 1 atom stereocenters. The fourth-order valence-corrected chi connectivity index (χ4v) is 5.79. The van der Waals surface area contributed by atoms with Crippen molar-refractivity contribution in [2.24, 2.45) is 0 Å². The smallest absolute Gasteiger partial charge is 0.161 e. The van der Waals surface area contributed by atoms with E-state index in [9.17, 15) is 4.39 Å². The highest BCUT2D eigenvalue weighted by Gasteiger charge is 2.28. The lowest BCUT2D eigenvalue weighted by Crippen LogP contribution is -2.35. The van der Waals surface area contributed by atoms with E-state index < -0.39 is 0 Å². The molecule has 37 heavy (non-hydrogen) atoms. The maximum Gasteiger partial charge on any atom is 0.161 e. The maximum atomic E-state index is 13.5. The van der Waals surface area contributed by atoms with Crippen molar-refractivity contribution >= 4 is 0 Å². The molecule has 0 saturated heterocycles. The molecule has 3 rings (SSSR count). The van der Waals surface area contributed by atoms with Crippen molar-refractivity contribution in [2.75, 3.05) is 20.8 Å². The number of nitrogens with zero attached hydrogens (tertiary/aromatic N) is 1. The molecule has 1 unspecified atom stereocenters. The van der Waals surface area contributed by atoms with Crippen molar-refractivity contribution in [1.29, 1.82) is 0 Å². The van der Waals surface area contributed by atoms with Gasteiger partial charge in [0.25, 0.3) is 0 Å². The highest BCUT2D eigenvalue weighted by Crippen LogP contribution is 2.40.